The van der Waals surface area contributed by atoms with Gasteiger partial charge in [0.05, 0.1) is 11.6 Å². The molecule has 1 aromatic carbocycles. The summed E-state index contributed by atoms with van der Waals surface area (Å²) in [4.78, 5) is 11.2. The first kappa shape index (κ1) is 12.4. The molecule has 5 heteroatoms. The summed E-state index contributed by atoms with van der Waals surface area (Å²) in [6, 6.07) is 3.24. The molecule has 4 nitrogen and oxygen atoms in total. The number of carboxylic acid groups (broad SMARTS) is 1. The van der Waals surface area contributed by atoms with Gasteiger partial charge in [0.25, 0.3) is 0 Å². The third-order valence-electron chi connectivity index (χ3n) is 2.95. The second-order valence-corrected chi connectivity index (χ2v) is 5.08. The van der Waals surface area contributed by atoms with Gasteiger partial charge in [0.2, 0.25) is 0 Å². The minimum Gasteiger partial charge on any atom is -0.496 e. The zero-order chi connectivity index (χ0) is 12.6. The predicted molar refractivity (Wildman–Crippen MR) is 67.4 cm³/mol. The van der Waals surface area contributed by atoms with Gasteiger partial charge in [-0.05, 0) is 52.5 Å². The van der Waals surface area contributed by atoms with Crippen molar-refractivity contribution in [3.8, 4) is 5.75 Å². The van der Waals surface area contributed by atoms with Crippen LogP contribution in [0.3, 0.4) is 0 Å². The number of carbonyl (C=O) groups is 1. The summed E-state index contributed by atoms with van der Waals surface area (Å²) in [5, 5.41) is 12.3. The van der Waals surface area contributed by atoms with E-state index in [1.54, 1.807) is 7.11 Å². The van der Waals surface area contributed by atoms with Gasteiger partial charge in [-0.15, -0.1) is 0 Å². The van der Waals surface area contributed by atoms with E-state index < -0.39 is 12.0 Å². The molecule has 1 unspecified atom stereocenters. The van der Waals surface area contributed by atoms with E-state index in [-0.39, 0.29) is 6.04 Å². The summed E-state index contributed by atoms with van der Waals surface area (Å²) in [6.45, 7) is 1.98. The summed E-state index contributed by atoms with van der Waals surface area (Å²) in [6.07, 6.45) is 0.808. The summed E-state index contributed by atoms with van der Waals surface area (Å²) >= 11 is 3.38. The number of rotatable bonds is 2. The van der Waals surface area contributed by atoms with Gasteiger partial charge in [-0.2, -0.15) is 0 Å². The lowest BCUT2D eigenvalue weighted by Crippen LogP contribution is -2.41. The van der Waals surface area contributed by atoms with Gasteiger partial charge >= 0.3 is 5.97 Å². The Morgan fingerprint density at radius 1 is 1.59 bits per heavy atom. The molecule has 0 spiro atoms. The summed E-state index contributed by atoms with van der Waals surface area (Å²) in [5.74, 6) is -0.114. The van der Waals surface area contributed by atoms with Crippen LogP contribution < -0.4 is 10.1 Å². The highest BCUT2D eigenvalue weighted by Crippen LogP contribution is 2.34. The van der Waals surface area contributed by atoms with Crippen LogP contribution in [0.15, 0.2) is 16.6 Å². The molecule has 0 bridgehead atoms. The van der Waals surface area contributed by atoms with Crippen LogP contribution in [0.2, 0.25) is 0 Å². The minimum atomic E-state index is -0.852. The van der Waals surface area contributed by atoms with Crippen LogP contribution in [0.1, 0.15) is 24.1 Å². The van der Waals surface area contributed by atoms with Gasteiger partial charge < -0.3 is 9.84 Å². The molecule has 1 heterocycles. The number of nitrogens with one attached hydrogen (secondary N) is 1. The topological polar surface area (TPSA) is 58.6 Å². The number of fused-ring (bicyclic) bond motifs is 1. The van der Waals surface area contributed by atoms with Crippen LogP contribution in [0.25, 0.3) is 0 Å². The van der Waals surface area contributed by atoms with Gasteiger partial charge in [-0.1, -0.05) is 0 Å². The molecule has 2 N–H and O–H groups in total. The Bertz CT molecular complexity index is 461. The maximum absolute atomic E-state index is 11.2. The van der Waals surface area contributed by atoms with Crippen LogP contribution in [0, 0.1) is 0 Å². The number of carboxylic acids is 1. The van der Waals surface area contributed by atoms with Gasteiger partial charge in [0.1, 0.15) is 11.8 Å². The normalized spacial score (nSPS) is 23.0. The number of ether oxygens (including phenoxy) is 1. The molecule has 0 aromatic heterocycles. The first-order valence-corrected chi connectivity index (χ1v) is 6.17. The molecule has 1 aliphatic heterocycles. The predicted octanol–water partition coefficient (Wildman–Crippen LogP) is 2.12. The maximum Gasteiger partial charge on any atom is 0.325 e. The van der Waals surface area contributed by atoms with Crippen molar-refractivity contribution in [2.24, 2.45) is 0 Å². The van der Waals surface area contributed by atoms with E-state index in [1.807, 2.05) is 19.1 Å². The molecular formula is C12H14BrNO3. The lowest BCUT2D eigenvalue weighted by atomic mass is 9.90. The molecule has 0 saturated carbocycles. The molecule has 1 aliphatic rings. The number of aliphatic carboxylic acids is 1. The average Bonchev–Trinajstić information content (AvgIpc) is 2.27. The van der Waals surface area contributed by atoms with Crippen molar-refractivity contribution in [2.75, 3.05) is 7.11 Å². The quantitative estimate of drug-likeness (QED) is 0.878. The van der Waals surface area contributed by atoms with Crippen molar-refractivity contribution in [1.29, 1.82) is 0 Å². The molecule has 92 valence electrons. The van der Waals surface area contributed by atoms with Gasteiger partial charge in [0, 0.05) is 6.04 Å². The summed E-state index contributed by atoms with van der Waals surface area (Å²) in [5.41, 5.74) is 1.84. The number of halogens is 1. The van der Waals surface area contributed by atoms with Crippen LogP contribution in [-0.2, 0) is 11.2 Å². The molecule has 0 aliphatic carbocycles. The first-order valence-electron chi connectivity index (χ1n) is 5.38. The second kappa shape index (κ2) is 4.66. The fraction of sp³-hybridized carbons (Fsp3) is 0.417. The largest absolute Gasteiger partial charge is 0.496 e. The minimum absolute atomic E-state index is 0.148. The highest BCUT2D eigenvalue weighted by Gasteiger charge is 2.30. The molecule has 1 aromatic rings. The van der Waals surface area contributed by atoms with Crippen LogP contribution >= 0.6 is 15.9 Å². The zero-order valence-electron chi connectivity index (χ0n) is 9.66. The monoisotopic (exact) mass is 299 g/mol. The third kappa shape index (κ3) is 2.30. The fourth-order valence-corrected chi connectivity index (χ4v) is 2.70. The lowest BCUT2D eigenvalue weighted by Gasteiger charge is -2.29. The van der Waals surface area contributed by atoms with E-state index in [2.05, 4.69) is 21.2 Å². The third-order valence-corrected chi connectivity index (χ3v) is 3.57. The fourth-order valence-electron chi connectivity index (χ4n) is 2.18. The van der Waals surface area contributed by atoms with Crippen molar-refractivity contribution in [3.05, 3.63) is 27.7 Å². The Balaban J connectivity index is 2.51. The first-order chi connectivity index (χ1) is 8.02. The van der Waals surface area contributed by atoms with Gasteiger partial charge in [-0.3, -0.25) is 10.1 Å². The zero-order valence-corrected chi connectivity index (χ0v) is 11.2. The Hall–Kier alpha value is -1.07. The number of hydrogen-bond donors (Lipinski definition) is 2. The lowest BCUT2D eigenvalue weighted by molar-refractivity contribution is -0.140. The van der Waals surface area contributed by atoms with E-state index >= 15 is 0 Å². The van der Waals surface area contributed by atoms with Crippen LogP contribution in [0.4, 0.5) is 0 Å². The Morgan fingerprint density at radius 3 is 2.88 bits per heavy atom. The van der Waals surface area contributed by atoms with E-state index in [4.69, 9.17) is 4.74 Å². The van der Waals surface area contributed by atoms with E-state index in [1.165, 1.54) is 0 Å². The molecule has 2 atom stereocenters. The van der Waals surface area contributed by atoms with Gasteiger partial charge in [-0.25, -0.2) is 0 Å². The average molecular weight is 300 g/mol. The van der Waals surface area contributed by atoms with E-state index in [0.717, 1.165) is 27.8 Å². The van der Waals surface area contributed by atoms with Crippen LogP contribution in [-0.4, -0.2) is 24.2 Å². The van der Waals surface area contributed by atoms with Crippen molar-refractivity contribution in [3.63, 3.8) is 0 Å². The van der Waals surface area contributed by atoms with E-state index in [9.17, 15) is 9.90 Å². The number of benzene rings is 1. The summed E-state index contributed by atoms with van der Waals surface area (Å²) in [7, 11) is 1.60. The molecular weight excluding hydrogens is 286 g/mol. The molecule has 0 radical (unpaired) electrons. The van der Waals surface area contributed by atoms with Crippen LogP contribution in [0.5, 0.6) is 5.75 Å². The Labute approximate surface area is 108 Å². The van der Waals surface area contributed by atoms with Gasteiger partial charge in [0.15, 0.2) is 0 Å². The Kier molecular flexibility index (Phi) is 3.40. The maximum atomic E-state index is 11.2. The number of methoxy groups -OCH3 is 1. The summed E-state index contributed by atoms with van der Waals surface area (Å²) < 4.78 is 6.01. The van der Waals surface area contributed by atoms with Crippen molar-refractivity contribution < 1.29 is 14.6 Å². The van der Waals surface area contributed by atoms with Crippen molar-refractivity contribution >= 4 is 21.9 Å². The SMILES string of the molecule is COc1cc2c(cc1Br)C(C(=O)O)N[C@H](C)C2. The van der Waals surface area contributed by atoms with Crippen molar-refractivity contribution in [2.45, 2.75) is 25.4 Å². The second-order valence-electron chi connectivity index (χ2n) is 4.23. The highest BCUT2D eigenvalue weighted by molar-refractivity contribution is 9.10. The standard InChI is InChI=1S/C12H14BrNO3/c1-6-3-7-4-10(17-2)9(13)5-8(7)11(14-6)12(15)16/h4-6,11,14H,3H2,1-2H3,(H,15,16)/t6-,11?/m1/s1. The molecule has 0 fully saturated rings. The number of hydrogen-bond acceptors (Lipinski definition) is 3. The smallest absolute Gasteiger partial charge is 0.325 e. The molecule has 2 rings (SSSR count). The van der Waals surface area contributed by atoms with E-state index in [0.29, 0.717) is 0 Å². The highest BCUT2D eigenvalue weighted by atomic mass is 79.9. The molecule has 0 saturated heterocycles. The molecule has 0 amide bonds. The van der Waals surface area contributed by atoms with Crippen molar-refractivity contribution in [1.82, 2.24) is 5.32 Å². The molecule has 17 heavy (non-hydrogen) atoms. The Morgan fingerprint density at radius 2 is 2.29 bits per heavy atom.